The highest BCUT2D eigenvalue weighted by atomic mass is 15.1. The van der Waals surface area contributed by atoms with Crippen molar-refractivity contribution in [2.24, 2.45) is 0 Å². The van der Waals surface area contributed by atoms with E-state index in [0.717, 1.165) is 19.5 Å². The minimum absolute atomic E-state index is 0.0349. The van der Waals surface area contributed by atoms with E-state index in [1.165, 1.54) is 0 Å². The fourth-order valence-corrected chi connectivity index (χ4v) is 0.968. The molecule has 3 nitrogen and oxygen atoms in total. The molecule has 1 N–H and O–H groups in total. The highest BCUT2D eigenvalue weighted by molar-refractivity contribution is 4.91. The third-order valence-corrected chi connectivity index (χ3v) is 2.15. The van der Waals surface area contributed by atoms with Gasteiger partial charge in [0.2, 0.25) is 0 Å². The Morgan fingerprint density at radius 3 is 2.46 bits per heavy atom. The molecule has 0 heterocycles. The molecule has 0 saturated heterocycles. The summed E-state index contributed by atoms with van der Waals surface area (Å²) in [6.07, 6.45) is 1.07. The third kappa shape index (κ3) is 5.62. The molecule has 0 spiro atoms. The Labute approximate surface area is 81.7 Å². The fraction of sp³-hybridized carbons (Fsp3) is 0.900. The maximum atomic E-state index is 8.84. The van der Waals surface area contributed by atoms with E-state index in [9.17, 15) is 0 Å². The second-order valence-electron chi connectivity index (χ2n) is 3.67. The first-order valence-corrected chi connectivity index (χ1v) is 4.95. The van der Waals surface area contributed by atoms with Gasteiger partial charge in [-0.1, -0.05) is 6.92 Å². The van der Waals surface area contributed by atoms with E-state index < -0.39 is 0 Å². The highest BCUT2D eigenvalue weighted by Gasteiger charge is 2.11. The quantitative estimate of drug-likeness (QED) is 0.673. The number of nitrogens with zero attached hydrogens (tertiary/aromatic N) is 2. The lowest BCUT2D eigenvalue weighted by Gasteiger charge is -2.23. The Bertz CT molecular complexity index is 160. The Balaban J connectivity index is 3.78. The largest absolute Gasteiger partial charge is 0.301 e. The third-order valence-electron chi connectivity index (χ3n) is 2.15. The van der Waals surface area contributed by atoms with Crippen molar-refractivity contribution >= 4 is 0 Å². The fourth-order valence-electron chi connectivity index (χ4n) is 0.968. The molecule has 0 radical (unpaired) electrons. The molecule has 0 aliphatic heterocycles. The van der Waals surface area contributed by atoms with Crippen molar-refractivity contribution in [3.8, 4) is 6.07 Å². The number of nitrogens with one attached hydrogen (secondary N) is 1. The number of hydrogen-bond acceptors (Lipinski definition) is 3. The van der Waals surface area contributed by atoms with Crippen LogP contribution in [0.4, 0.5) is 0 Å². The Hall–Kier alpha value is -0.590. The molecule has 76 valence electrons. The van der Waals surface area contributed by atoms with Gasteiger partial charge in [0.15, 0.2) is 0 Å². The molecule has 1 unspecified atom stereocenters. The van der Waals surface area contributed by atoms with E-state index in [0.29, 0.717) is 6.04 Å². The summed E-state index contributed by atoms with van der Waals surface area (Å²) >= 11 is 0. The van der Waals surface area contributed by atoms with Crippen LogP contribution in [0.5, 0.6) is 0 Å². The second kappa shape index (κ2) is 6.88. The van der Waals surface area contributed by atoms with Crippen LogP contribution in [0.3, 0.4) is 0 Å². The zero-order valence-corrected chi connectivity index (χ0v) is 9.17. The predicted molar refractivity (Wildman–Crippen MR) is 55.5 cm³/mol. The molecule has 0 saturated carbocycles. The lowest BCUT2D eigenvalue weighted by atomic mass is 10.2. The van der Waals surface area contributed by atoms with Crippen LogP contribution in [0, 0.1) is 11.3 Å². The maximum Gasteiger partial charge on any atom is 0.108 e. The van der Waals surface area contributed by atoms with Crippen molar-refractivity contribution in [2.45, 2.75) is 39.3 Å². The smallest absolute Gasteiger partial charge is 0.108 e. The summed E-state index contributed by atoms with van der Waals surface area (Å²) in [6.45, 7) is 8.09. The highest BCUT2D eigenvalue weighted by Crippen LogP contribution is 1.95. The lowest BCUT2D eigenvalue weighted by Crippen LogP contribution is -2.41. The molecule has 0 amide bonds. The Morgan fingerprint density at radius 2 is 2.08 bits per heavy atom. The first kappa shape index (κ1) is 12.4. The molecule has 0 fully saturated rings. The summed E-state index contributed by atoms with van der Waals surface area (Å²) in [5.41, 5.74) is 0. The van der Waals surface area contributed by atoms with Gasteiger partial charge in [0, 0.05) is 12.6 Å². The number of nitriles is 1. The lowest BCUT2D eigenvalue weighted by molar-refractivity contribution is 0.257. The Morgan fingerprint density at radius 1 is 1.46 bits per heavy atom. The van der Waals surface area contributed by atoms with Gasteiger partial charge in [-0.25, -0.2) is 0 Å². The zero-order chi connectivity index (χ0) is 10.3. The van der Waals surface area contributed by atoms with Crippen molar-refractivity contribution in [3.05, 3.63) is 0 Å². The number of likely N-dealkylation sites (N-methyl/N-ethyl adjacent to an activating group) is 1. The molecule has 0 aliphatic rings. The minimum Gasteiger partial charge on any atom is -0.301 e. The zero-order valence-electron chi connectivity index (χ0n) is 9.17. The molecule has 0 rings (SSSR count). The van der Waals surface area contributed by atoms with Crippen molar-refractivity contribution < 1.29 is 0 Å². The van der Waals surface area contributed by atoms with Crippen LogP contribution in [0.15, 0.2) is 0 Å². The molecular formula is C10H21N3. The molecular weight excluding hydrogens is 162 g/mol. The van der Waals surface area contributed by atoms with Gasteiger partial charge >= 0.3 is 0 Å². The van der Waals surface area contributed by atoms with Gasteiger partial charge in [-0.05, 0) is 33.9 Å². The van der Waals surface area contributed by atoms with Crippen LogP contribution in [0.2, 0.25) is 0 Å². The Kier molecular flexibility index (Phi) is 6.56. The van der Waals surface area contributed by atoms with Gasteiger partial charge in [-0.2, -0.15) is 5.26 Å². The average molecular weight is 183 g/mol. The normalized spacial score (nSPS) is 13.3. The van der Waals surface area contributed by atoms with Crippen molar-refractivity contribution in [3.63, 3.8) is 0 Å². The molecule has 0 bridgehead atoms. The van der Waals surface area contributed by atoms with Crippen LogP contribution < -0.4 is 5.32 Å². The first-order chi connectivity index (χ1) is 6.11. The van der Waals surface area contributed by atoms with E-state index in [4.69, 9.17) is 5.26 Å². The monoisotopic (exact) mass is 183 g/mol. The van der Waals surface area contributed by atoms with Gasteiger partial charge in [-0.15, -0.1) is 0 Å². The first-order valence-electron chi connectivity index (χ1n) is 4.95. The summed E-state index contributed by atoms with van der Waals surface area (Å²) in [5.74, 6) is 0. The molecule has 0 aromatic heterocycles. The van der Waals surface area contributed by atoms with E-state index in [-0.39, 0.29) is 6.04 Å². The summed E-state index contributed by atoms with van der Waals surface area (Å²) in [4.78, 5) is 2.18. The van der Waals surface area contributed by atoms with Crippen molar-refractivity contribution in [1.29, 1.82) is 5.26 Å². The average Bonchev–Trinajstić information content (AvgIpc) is 2.11. The van der Waals surface area contributed by atoms with Crippen molar-refractivity contribution in [2.75, 3.05) is 20.1 Å². The van der Waals surface area contributed by atoms with E-state index >= 15 is 0 Å². The maximum absolute atomic E-state index is 8.84. The van der Waals surface area contributed by atoms with Crippen molar-refractivity contribution in [1.82, 2.24) is 10.2 Å². The predicted octanol–water partition coefficient (Wildman–Crippen LogP) is 1.22. The summed E-state index contributed by atoms with van der Waals surface area (Å²) in [6, 6.07) is 2.73. The number of rotatable bonds is 6. The summed E-state index contributed by atoms with van der Waals surface area (Å²) in [5, 5.41) is 12.0. The van der Waals surface area contributed by atoms with Crippen LogP contribution >= 0.6 is 0 Å². The van der Waals surface area contributed by atoms with Gasteiger partial charge in [0.25, 0.3) is 0 Å². The summed E-state index contributed by atoms with van der Waals surface area (Å²) in [7, 11) is 2.04. The summed E-state index contributed by atoms with van der Waals surface area (Å²) < 4.78 is 0. The minimum atomic E-state index is -0.0349. The van der Waals surface area contributed by atoms with E-state index in [1.54, 1.807) is 0 Å². The van der Waals surface area contributed by atoms with Gasteiger partial charge in [-0.3, -0.25) is 0 Å². The topological polar surface area (TPSA) is 39.1 Å². The van der Waals surface area contributed by atoms with Gasteiger partial charge < -0.3 is 10.2 Å². The van der Waals surface area contributed by atoms with E-state index in [1.807, 2.05) is 7.05 Å². The van der Waals surface area contributed by atoms with E-state index in [2.05, 4.69) is 37.1 Å². The molecule has 1 atom stereocenters. The molecule has 3 heteroatoms. The number of hydrogen-bond donors (Lipinski definition) is 1. The standard InChI is InChI=1S/C10H21N3/c1-5-6-12-10(7-11)8-13(4)9(2)3/h9-10,12H,5-6,8H2,1-4H3. The molecule has 0 aromatic carbocycles. The van der Waals surface area contributed by atoms with Gasteiger partial charge in [0.1, 0.15) is 6.04 Å². The SMILES string of the molecule is CCCNC(C#N)CN(C)C(C)C. The molecule has 13 heavy (non-hydrogen) atoms. The molecule has 0 aromatic rings. The van der Waals surface area contributed by atoms with Gasteiger partial charge in [0.05, 0.1) is 6.07 Å². The van der Waals surface area contributed by atoms with Crippen LogP contribution in [0.1, 0.15) is 27.2 Å². The van der Waals surface area contributed by atoms with Crippen LogP contribution in [-0.4, -0.2) is 37.1 Å². The van der Waals surface area contributed by atoms with Crippen LogP contribution in [0.25, 0.3) is 0 Å². The van der Waals surface area contributed by atoms with Crippen LogP contribution in [-0.2, 0) is 0 Å². The second-order valence-corrected chi connectivity index (χ2v) is 3.67. The molecule has 0 aliphatic carbocycles.